The molecule has 0 saturated heterocycles. The maximum absolute atomic E-state index is 11.7. The highest BCUT2D eigenvalue weighted by Gasteiger charge is 2.09. The minimum atomic E-state index is -0.100. The normalized spacial score (nSPS) is 10.6. The second-order valence-corrected chi connectivity index (χ2v) is 6.97. The van der Waals surface area contributed by atoms with Gasteiger partial charge in [-0.25, -0.2) is 9.97 Å². The van der Waals surface area contributed by atoms with Crippen LogP contribution < -0.4 is 15.5 Å². The van der Waals surface area contributed by atoms with Crippen molar-refractivity contribution in [3.63, 3.8) is 0 Å². The topological polar surface area (TPSA) is 70.2 Å². The zero-order chi connectivity index (χ0) is 19.2. The molecule has 0 saturated carbocycles. The predicted octanol–water partition coefficient (Wildman–Crippen LogP) is 3.49. The number of thiazole rings is 1. The van der Waals surface area contributed by atoms with E-state index in [9.17, 15) is 4.79 Å². The average molecular weight is 382 g/mol. The molecule has 0 radical (unpaired) electrons. The molecule has 0 bridgehead atoms. The van der Waals surface area contributed by atoms with Crippen LogP contribution in [0.1, 0.15) is 6.92 Å². The second-order valence-electron chi connectivity index (χ2n) is 6.11. The number of anilines is 2. The van der Waals surface area contributed by atoms with Crippen LogP contribution in [0.3, 0.4) is 0 Å². The van der Waals surface area contributed by atoms with E-state index in [1.807, 2.05) is 36.8 Å². The summed E-state index contributed by atoms with van der Waals surface area (Å²) in [6.07, 6.45) is 1.84. The number of likely N-dealkylation sites (N-methyl/N-ethyl adjacent to an activating group) is 1. The summed E-state index contributed by atoms with van der Waals surface area (Å²) in [5, 5.41) is 8.18. The van der Waals surface area contributed by atoms with E-state index in [1.54, 1.807) is 7.05 Å². The molecule has 6 nitrogen and oxygen atoms in total. The Hall–Kier alpha value is -2.77. The van der Waals surface area contributed by atoms with Crippen LogP contribution in [-0.2, 0) is 4.79 Å². The summed E-state index contributed by atoms with van der Waals surface area (Å²) >= 11 is 1.42. The molecule has 27 heavy (non-hydrogen) atoms. The Kier molecular flexibility index (Phi) is 6.16. The van der Waals surface area contributed by atoms with Gasteiger partial charge in [0.15, 0.2) is 5.13 Å². The number of carbonyl (C=O) groups is 1. The number of carbonyl (C=O) groups excluding carboxylic acids is 1. The summed E-state index contributed by atoms with van der Waals surface area (Å²) in [5.41, 5.74) is 4.08. The van der Waals surface area contributed by atoms with Crippen LogP contribution in [0.15, 0.2) is 48.0 Å². The first-order valence-corrected chi connectivity index (χ1v) is 9.66. The summed E-state index contributed by atoms with van der Waals surface area (Å²) < 4.78 is 0. The summed E-state index contributed by atoms with van der Waals surface area (Å²) in [6.45, 7) is 3.27. The highest BCUT2D eigenvalue weighted by atomic mass is 32.1. The SMILES string of the molecule is CCN(C)c1cc(-c2cccc(-c3csc(NC(=O)CNC)n3)c2)ccn1. The lowest BCUT2D eigenvalue weighted by atomic mass is 10.0. The molecule has 0 aliphatic carbocycles. The lowest BCUT2D eigenvalue weighted by Gasteiger charge is -2.16. The van der Waals surface area contributed by atoms with Gasteiger partial charge in [0.1, 0.15) is 5.82 Å². The third-order valence-corrected chi connectivity index (χ3v) is 4.95. The zero-order valence-corrected chi connectivity index (χ0v) is 16.5. The summed E-state index contributed by atoms with van der Waals surface area (Å²) in [6, 6.07) is 12.3. The number of nitrogens with one attached hydrogen (secondary N) is 2. The van der Waals surface area contributed by atoms with Crippen molar-refractivity contribution < 1.29 is 4.79 Å². The maximum Gasteiger partial charge on any atom is 0.240 e. The van der Waals surface area contributed by atoms with Crippen LogP contribution in [0, 0.1) is 0 Å². The first-order valence-electron chi connectivity index (χ1n) is 8.78. The zero-order valence-electron chi connectivity index (χ0n) is 15.7. The molecular weight excluding hydrogens is 358 g/mol. The molecule has 0 fully saturated rings. The monoisotopic (exact) mass is 381 g/mol. The maximum atomic E-state index is 11.7. The molecule has 0 aliphatic heterocycles. The van der Waals surface area contributed by atoms with E-state index in [0.717, 1.165) is 34.7 Å². The third-order valence-electron chi connectivity index (χ3n) is 4.19. The van der Waals surface area contributed by atoms with Crippen LogP contribution in [-0.4, -0.2) is 43.1 Å². The fourth-order valence-corrected chi connectivity index (χ4v) is 3.35. The molecule has 2 aromatic heterocycles. The minimum absolute atomic E-state index is 0.100. The van der Waals surface area contributed by atoms with Gasteiger partial charge in [-0.3, -0.25) is 4.79 Å². The molecule has 0 aliphatic rings. The number of rotatable bonds is 7. The molecule has 3 aromatic rings. The summed E-state index contributed by atoms with van der Waals surface area (Å²) in [5.74, 6) is 0.847. The molecule has 1 aromatic carbocycles. The van der Waals surface area contributed by atoms with Gasteiger partial charge in [0.25, 0.3) is 0 Å². The van der Waals surface area contributed by atoms with Crippen molar-refractivity contribution >= 4 is 28.2 Å². The van der Waals surface area contributed by atoms with E-state index in [4.69, 9.17) is 0 Å². The number of hydrogen-bond acceptors (Lipinski definition) is 6. The molecule has 3 rings (SSSR count). The van der Waals surface area contributed by atoms with Crippen LogP contribution >= 0.6 is 11.3 Å². The second kappa shape index (κ2) is 8.75. The Balaban J connectivity index is 1.84. The molecule has 1 amide bonds. The number of pyridine rings is 1. The van der Waals surface area contributed by atoms with Gasteiger partial charge < -0.3 is 15.5 Å². The Morgan fingerprint density at radius 2 is 1.96 bits per heavy atom. The van der Waals surface area contributed by atoms with Crippen LogP contribution in [0.25, 0.3) is 22.4 Å². The van der Waals surface area contributed by atoms with E-state index in [1.165, 1.54) is 11.3 Å². The Labute approximate surface area is 163 Å². The molecule has 0 spiro atoms. The first kappa shape index (κ1) is 19.0. The van der Waals surface area contributed by atoms with Crippen molar-refractivity contribution in [1.29, 1.82) is 0 Å². The van der Waals surface area contributed by atoms with E-state index >= 15 is 0 Å². The van der Waals surface area contributed by atoms with Gasteiger partial charge in [-0.05, 0) is 43.3 Å². The highest BCUT2D eigenvalue weighted by molar-refractivity contribution is 7.14. The largest absolute Gasteiger partial charge is 0.360 e. The molecule has 0 atom stereocenters. The van der Waals surface area contributed by atoms with Gasteiger partial charge in [0.05, 0.1) is 12.2 Å². The highest BCUT2D eigenvalue weighted by Crippen LogP contribution is 2.29. The van der Waals surface area contributed by atoms with E-state index in [-0.39, 0.29) is 12.5 Å². The van der Waals surface area contributed by atoms with Gasteiger partial charge in [-0.15, -0.1) is 11.3 Å². The number of hydrogen-bond donors (Lipinski definition) is 2. The smallest absolute Gasteiger partial charge is 0.240 e. The van der Waals surface area contributed by atoms with Gasteiger partial charge in [-0.1, -0.05) is 18.2 Å². The van der Waals surface area contributed by atoms with Crippen molar-refractivity contribution in [2.45, 2.75) is 6.92 Å². The fourth-order valence-electron chi connectivity index (χ4n) is 2.61. The number of aromatic nitrogens is 2. The minimum Gasteiger partial charge on any atom is -0.360 e. The first-order chi connectivity index (χ1) is 13.1. The molecule has 0 unspecified atom stereocenters. The number of nitrogens with zero attached hydrogens (tertiary/aromatic N) is 3. The van der Waals surface area contributed by atoms with E-state index < -0.39 is 0 Å². The van der Waals surface area contributed by atoms with Crippen LogP contribution in [0.2, 0.25) is 0 Å². The van der Waals surface area contributed by atoms with Gasteiger partial charge in [0, 0.05) is 30.7 Å². The van der Waals surface area contributed by atoms with E-state index in [2.05, 4.69) is 50.6 Å². The van der Waals surface area contributed by atoms with Gasteiger partial charge >= 0.3 is 0 Å². The van der Waals surface area contributed by atoms with Crippen molar-refractivity contribution in [3.8, 4) is 22.4 Å². The molecule has 2 N–H and O–H groups in total. The molecule has 7 heteroatoms. The number of amides is 1. The molecule has 140 valence electrons. The quantitative estimate of drug-likeness (QED) is 0.656. The summed E-state index contributed by atoms with van der Waals surface area (Å²) in [7, 11) is 3.77. The lowest BCUT2D eigenvalue weighted by Crippen LogP contribution is -2.24. The van der Waals surface area contributed by atoms with E-state index in [0.29, 0.717) is 5.13 Å². The van der Waals surface area contributed by atoms with Crippen molar-refractivity contribution in [1.82, 2.24) is 15.3 Å². The van der Waals surface area contributed by atoms with Gasteiger partial charge in [-0.2, -0.15) is 0 Å². The number of benzene rings is 1. The standard InChI is InChI=1S/C20H23N5OS/c1-4-25(3)18-11-15(8-9-22-18)14-6-5-7-16(10-14)17-13-27-20(23-17)24-19(26)12-21-2/h5-11,13,21H,4,12H2,1-3H3,(H,23,24,26). The molecular formula is C20H23N5OS. The third kappa shape index (κ3) is 4.69. The predicted molar refractivity (Wildman–Crippen MR) is 112 cm³/mol. The van der Waals surface area contributed by atoms with Crippen LogP contribution in [0.4, 0.5) is 10.9 Å². The van der Waals surface area contributed by atoms with Gasteiger partial charge in [0.2, 0.25) is 5.91 Å². The summed E-state index contributed by atoms with van der Waals surface area (Å²) in [4.78, 5) is 22.8. The van der Waals surface area contributed by atoms with Crippen LogP contribution in [0.5, 0.6) is 0 Å². The van der Waals surface area contributed by atoms with Crippen molar-refractivity contribution in [2.75, 3.05) is 37.4 Å². The fraction of sp³-hybridized carbons (Fsp3) is 0.250. The molecule has 2 heterocycles. The Morgan fingerprint density at radius 3 is 2.74 bits per heavy atom. The van der Waals surface area contributed by atoms with Crippen molar-refractivity contribution in [2.24, 2.45) is 0 Å². The Morgan fingerprint density at radius 1 is 1.19 bits per heavy atom. The Bertz CT molecular complexity index is 924. The lowest BCUT2D eigenvalue weighted by molar-refractivity contribution is -0.115. The van der Waals surface area contributed by atoms with Crippen molar-refractivity contribution in [3.05, 3.63) is 48.0 Å². The average Bonchev–Trinajstić information content (AvgIpc) is 3.16.